The van der Waals surface area contributed by atoms with E-state index in [0.29, 0.717) is 5.56 Å². The van der Waals surface area contributed by atoms with Gasteiger partial charge in [-0.15, -0.1) is 0 Å². The Morgan fingerprint density at radius 1 is 1.20 bits per heavy atom. The second kappa shape index (κ2) is 6.60. The van der Waals surface area contributed by atoms with E-state index in [-0.39, 0.29) is 18.2 Å². The lowest BCUT2D eigenvalue weighted by Crippen LogP contribution is -2.40. The Balaban J connectivity index is 2.07. The number of aromatic nitrogens is 1. The molecule has 0 unspecified atom stereocenters. The molecule has 1 N–H and O–H groups in total. The predicted octanol–water partition coefficient (Wildman–Crippen LogP) is 2.42. The fourth-order valence-corrected chi connectivity index (χ4v) is 2.27. The number of hydrogen-bond acceptors (Lipinski definition) is 2. The highest BCUT2D eigenvalue weighted by molar-refractivity contribution is 14.1. The summed E-state index contributed by atoms with van der Waals surface area (Å²) in [4.78, 5) is 23.3. The average molecular weight is 381 g/mol. The zero-order valence-corrected chi connectivity index (χ0v) is 13.1. The summed E-state index contributed by atoms with van der Waals surface area (Å²) in [7, 11) is 0. The Labute approximate surface area is 131 Å². The molecule has 0 bridgehead atoms. The molecule has 0 fully saturated rings. The van der Waals surface area contributed by atoms with Crippen molar-refractivity contribution in [1.29, 1.82) is 0 Å². The van der Waals surface area contributed by atoms with Crippen LogP contribution < -0.4 is 9.88 Å². The summed E-state index contributed by atoms with van der Waals surface area (Å²) >= 11 is 2.17. The number of nitrogens with one attached hydrogen (secondary N) is 1. The number of Topliss-reactive ketones (excluding diaryl/α,β-unsaturated/α-hetero) is 1. The molecule has 0 aliphatic heterocycles. The highest BCUT2D eigenvalue weighted by Gasteiger charge is 2.12. The number of rotatable bonds is 4. The number of para-hydroxylation sites is 1. The highest BCUT2D eigenvalue weighted by atomic mass is 127. The summed E-state index contributed by atoms with van der Waals surface area (Å²) in [5.41, 5.74) is 1.39. The molecule has 0 saturated carbocycles. The van der Waals surface area contributed by atoms with E-state index in [4.69, 9.17) is 0 Å². The van der Waals surface area contributed by atoms with Crippen molar-refractivity contribution in [3.8, 4) is 0 Å². The van der Waals surface area contributed by atoms with Gasteiger partial charge < -0.3 is 5.32 Å². The van der Waals surface area contributed by atoms with Crippen molar-refractivity contribution >= 4 is 40.0 Å². The first-order chi connectivity index (χ1) is 9.56. The maximum atomic E-state index is 12.0. The zero-order valence-electron chi connectivity index (χ0n) is 11.0. The number of hydrogen-bond donors (Lipinski definition) is 1. The number of nitrogens with zero attached hydrogens (tertiary/aromatic N) is 1. The summed E-state index contributed by atoms with van der Waals surface area (Å²) in [5, 5.41) is 2.86. The number of halogens is 1. The van der Waals surface area contributed by atoms with E-state index >= 15 is 0 Å². The van der Waals surface area contributed by atoms with Crippen LogP contribution in [0.5, 0.6) is 0 Å². The summed E-state index contributed by atoms with van der Waals surface area (Å²) < 4.78 is 2.68. The van der Waals surface area contributed by atoms with Crippen LogP contribution >= 0.6 is 22.6 Å². The van der Waals surface area contributed by atoms with Crippen LogP contribution in [0.4, 0.5) is 5.69 Å². The maximum absolute atomic E-state index is 12.0. The highest BCUT2D eigenvalue weighted by Crippen LogP contribution is 2.16. The third-order valence-corrected chi connectivity index (χ3v) is 3.68. The second-order valence-electron chi connectivity index (χ2n) is 4.35. The van der Waals surface area contributed by atoms with Gasteiger partial charge >= 0.3 is 0 Å². The minimum atomic E-state index is -0.125. The van der Waals surface area contributed by atoms with Gasteiger partial charge in [0, 0.05) is 9.64 Å². The summed E-state index contributed by atoms with van der Waals surface area (Å²) in [6, 6.07) is 11.1. The van der Waals surface area contributed by atoms with Crippen molar-refractivity contribution in [2.24, 2.45) is 0 Å². The number of pyridine rings is 1. The van der Waals surface area contributed by atoms with Crippen LogP contribution in [0.2, 0.25) is 0 Å². The molecule has 5 heteroatoms. The predicted molar refractivity (Wildman–Crippen MR) is 84.4 cm³/mol. The van der Waals surface area contributed by atoms with E-state index in [1.54, 1.807) is 29.1 Å². The van der Waals surface area contributed by atoms with Crippen LogP contribution in [-0.2, 0) is 11.3 Å². The Bertz CT molecular complexity index is 656. The summed E-state index contributed by atoms with van der Waals surface area (Å²) in [6.07, 6.45) is 3.44. The molecule has 4 nitrogen and oxygen atoms in total. The summed E-state index contributed by atoms with van der Waals surface area (Å²) in [5.74, 6) is -0.141. The molecule has 0 radical (unpaired) electrons. The largest absolute Gasteiger partial charge is 0.320 e. The second-order valence-corrected chi connectivity index (χ2v) is 5.51. The van der Waals surface area contributed by atoms with Crippen LogP contribution in [0.15, 0.2) is 48.8 Å². The standard InChI is InChI=1S/C15H13IN2O2/c1-11(19)12-5-4-8-18(9-12)10-15(20)17-14-7-3-2-6-13(14)16/h2-9H,10H2,1H3/p+1. The van der Waals surface area contributed by atoms with Crippen molar-refractivity contribution in [2.45, 2.75) is 13.5 Å². The third kappa shape index (κ3) is 3.86. The first-order valence-corrected chi connectivity index (χ1v) is 7.18. The molecule has 0 saturated heterocycles. The van der Waals surface area contributed by atoms with Crippen molar-refractivity contribution in [3.05, 3.63) is 57.9 Å². The van der Waals surface area contributed by atoms with Gasteiger partial charge in [0.2, 0.25) is 6.54 Å². The van der Waals surface area contributed by atoms with Crippen LogP contribution in [0, 0.1) is 3.57 Å². The normalized spacial score (nSPS) is 10.1. The molecular formula is C15H14IN2O2+. The maximum Gasteiger partial charge on any atom is 0.290 e. The lowest BCUT2D eigenvalue weighted by atomic mass is 10.2. The van der Waals surface area contributed by atoms with E-state index in [1.807, 2.05) is 24.3 Å². The van der Waals surface area contributed by atoms with E-state index in [1.165, 1.54) is 6.92 Å². The zero-order chi connectivity index (χ0) is 14.5. The van der Waals surface area contributed by atoms with E-state index in [0.717, 1.165) is 9.26 Å². The fraction of sp³-hybridized carbons (Fsp3) is 0.133. The minimum Gasteiger partial charge on any atom is -0.320 e. The number of carbonyl (C=O) groups is 2. The van der Waals surface area contributed by atoms with Gasteiger partial charge in [-0.25, -0.2) is 0 Å². The van der Waals surface area contributed by atoms with Crippen molar-refractivity contribution in [3.63, 3.8) is 0 Å². The van der Waals surface area contributed by atoms with Crippen molar-refractivity contribution in [1.82, 2.24) is 0 Å². The number of carbonyl (C=O) groups excluding carboxylic acids is 2. The first kappa shape index (κ1) is 14.6. The van der Waals surface area contributed by atoms with E-state index < -0.39 is 0 Å². The third-order valence-electron chi connectivity index (χ3n) is 2.74. The molecule has 0 atom stereocenters. The van der Waals surface area contributed by atoms with E-state index in [9.17, 15) is 9.59 Å². The Hall–Kier alpha value is -1.76. The quantitative estimate of drug-likeness (QED) is 0.503. The van der Waals surface area contributed by atoms with Gasteiger partial charge in [0.15, 0.2) is 18.2 Å². The molecule has 1 aromatic carbocycles. The first-order valence-electron chi connectivity index (χ1n) is 6.10. The molecule has 0 aliphatic carbocycles. The van der Waals surface area contributed by atoms with Gasteiger partial charge in [-0.05, 0) is 47.7 Å². The van der Waals surface area contributed by atoms with Crippen LogP contribution in [-0.4, -0.2) is 11.7 Å². The van der Waals surface area contributed by atoms with Gasteiger partial charge in [0.25, 0.3) is 5.91 Å². The molecule has 1 aromatic heterocycles. The molecule has 1 heterocycles. The summed E-state index contributed by atoms with van der Waals surface area (Å²) in [6.45, 7) is 1.68. The van der Waals surface area contributed by atoms with Crippen LogP contribution in [0.3, 0.4) is 0 Å². The molecular weight excluding hydrogens is 367 g/mol. The number of amides is 1. The molecule has 1 amide bonds. The molecule has 102 valence electrons. The minimum absolute atomic E-state index is 0.0163. The molecule has 0 spiro atoms. The number of ketones is 1. The Kier molecular flexibility index (Phi) is 4.84. The lowest BCUT2D eigenvalue weighted by Gasteiger charge is -2.05. The monoisotopic (exact) mass is 381 g/mol. The van der Waals surface area contributed by atoms with Gasteiger partial charge in [0.05, 0.1) is 11.3 Å². The fourth-order valence-electron chi connectivity index (χ4n) is 1.75. The van der Waals surface area contributed by atoms with Crippen molar-refractivity contribution < 1.29 is 14.2 Å². The SMILES string of the molecule is CC(=O)c1ccc[n+](CC(=O)Nc2ccccc2I)c1. The van der Waals surface area contributed by atoms with Crippen LogP contribution in [0.1, 0.15) is 17.3 Å². The smallest absolute Gasteiger partial charge is 0.290 e. The molecule has 2 rings (SSSR count). The van der Waals surface area contributed by atoms with Gasteiger partial charge in [-0.3, -0.25) is 9.59 Å². The molecule has 2 aromatic rings. The topological polar surface area (TPSA) is 50.0 Å². The van der Waals surface area contributed by atoms with Crippen LogP contribution in [0.25, 0.3) is 0 Å². The lowest BCUT2D eigenvalue weighted by molar-refractivity contribution is -0.684. The van der Waals surface area contributed by atoms with Gasteiger partial charge in [0.1, 0.15) is 0 Å². The van der Waals surface area contributed by atoms with Gasteiger partial charge in [-0.2, -0.15) is 4.57 Å². The number of anilines is 1. The molecule has 0 aliphatic rings. The molecule has 20 heavy (non-hydrogen) atoms. The number of benzene rings is 1. The average Bonchev–Trinajstić information content (AvgIpc) is 2.41. The van der Waals surface area contributed by atoms with Crippen molar-refractivity contribution in [2.75, 3.05) is 5.32 Å². The Morgan fingerprint density at radius 2 is 1.95 bits per heavy atom. The van der Waals surface area contributed by atoms with E-state index in [2.05, 4.69) is 27.9 Å². The van der Waals surface area contributed by atoms with Gasteiger partial charge in [-0.1, -0.05) is 12.1 Å². The Morgan fingerprint density at radius 3 is 2.65 bits per heavy atom.